The molecule has 5 aliphatic carbocycles. The van der Waals surface area contributed by atoms with E-state index >= 15 is 0 Å². The summed E-state index contributed by atoms with van der Waals surface area (Å²) in [7, 11) is 1.94. The van der Waals surface area contributed by atoms with E-state index in [-0.39, 0.29) is 12.1 Å². The minimum atomic E-state index is -0.110. The summed E-state index contributed by atoms with van der Waals surface area (Å²) in [6.07, 6.45) is 16.1. The summed E-state index contributed by atoms with van der Waals surface area (Å²) in [5.74, 6) is 2.97. The molecule has 10 atom stereocenters. The molecule has 1 heterocycles. The first-order chi connectivity index (χ1) is 15.9. The predicted octanol–water partition coefficient (Wildman–Crippen LogP) is 7.34. The molecule has 5 saturated carbocycles. The van der Waals surface area contributed by atoms with Crippen molar-refractivity contribution in [2.75, 3.05) is 7.11 Å². The number of hydrogen-bond donors (Lipinski definition) is 0. The monoisotopic (exact) mass is 468 g/mol. The van der Waals surface area contributed by atoms with Gasteiger partial charge in [-0.2, -0.15) is 0 Å². The van der Waals surface area contributed by atoms with Crippen molar-refractivity contribution in [3.8, 4) is 0 Å². The lowest BCUT2D eigenvalue weighted by atomic mass is 9.41. The van der Waals surface area contributed by atoms with E-state index in [1.165, 1.54) is 57.8 Å². The van der Waals surface area contributed by atoms with Gasteiger partial charge in [0.2, 0.25) is 0 Å². The van der Waals surface area contributed by atoms with Gasteiger partial charge in [-0.15, -0.1) is 0 Å². The Kier molecular flexibility index (Phi) is 4.95. The fourth-order valence-corrected chi connectivity index (χ4v) is 12.0. The minimum Gasteiger partial charge on any atom is -0.455 e. The van der Waals surface area contributed by atoms with Gasteiger partial charge in [-0.3, -0.25) is 0 Å². The van der Waals surface area contributed by atoms with Gasteiger partial charge in [0.1, 0.15) is 6.10 Å². The molecule has 0 aromatic carbocycles. The SMILES string of the molecule is CO[C@@H]1CC[C@]23C[C@]24CC[C@]2(C)[C@@H]([C@H](C)C[C@H]5C=C(C)C(=O)O5)CC[C@@]2(C)[C@H]4CC[C@@H]3C1(C)C. The molecule has 0 aromatic heterocycles. The highest BCUT2D eigenvalue weighted by Gasteiger charge is 2.82. The van der Waals surface area contributed by atoms with E-state index in [1.54, 1.807) is 0 Å². The number of rotatable bonds is 4. The van der Waals surface area contributed by atoms with E-state index < -0.39 is 0 Å². The molecule has 0 unspecified atom stereocenters. The normalized spacial score (nSPS) is 53.7. The van der Waals surface area contributed by atoms with Crippen molar-refractivity contribution in [3.63, 3.8) is 0 Å². The van der Waals surface area contributed by atoms with Gasteiger partial charge in [-0.1, -0.05) is 34.6 Å². The van der Waals surface area contributed by atoms with E-state index in [2.05, 4.69) is 40.7 Å². The Bertz CT molecular complexity index is 920. The number of fused-ring (bicyclic) bond motifs is 2. The van der Waals surface area contributed by atoms with E-state index in [9.17, 15) is 4.79 Å². The number of cyclic esters (lactones) is 1. The highest BCUT2D eigenvalue weighted by atomic mass is 16.5. The quantitative estimate of drug-likeness (QED) is 0.405. The van der Waals surface area contributed by atoms with E-state index in [4.69, 9.17) is 9.47 Å². The molecule has 3 heteroatoms. The molecule has 2 spiro atoms. The Morgan fingerprint density at radius 1 is 0.971 bits per heavy atom. The molecular weight excluding hydrogens is 420 g/mol. The summed E-state index contributed by atoms with van der Waals surface area (Å²) >= 11 is 0. The molecule has 0 bridgehead atoms. The number of methoxy groups -OCH3 is 1. The predicted molar refractivity (Wildman–Crippen MR) is 135 cm³/mol. The number of carbonyl (C=O) groups excluding carboxylic acids is 1. The summed E-state index contributed by atoms with van der Waals surface area (Å²) in [5, 5.41) is 0. The summed E-state index contributed by atoms with van der Waals surface area (Å²) in [4.78, 5) is 11.9. The molecule has 0 saturated heterocycles. The van der Waals surface area contributed by atoms with Gasteiger partial charge in [-0.25, -0.2) is 4.79 Å². The van der Waals surface area contributed by atoms with E-state index in [0.717, 1.165) is 29.7 Å². The highest BCUT2D eigenvalue weighted by Crippen LogP contribution is 2.89. The number of ether oxygens (including phenoxy) is 2. The summed E-state index contributed by atoms with van der Waals surface area (Å²) in [6.45, 7) is 14.8. The largest absolute Gasteiger partial charge is 0.455 e. The standard InChI is InChI=1S/C31H48O3/c1-19(16-21-17-20(2)26(32)34-21)22-10-12-29(6)24-9-8-23-27(3,4)25(33-7)11-13-30(23)18-31(24,30)15-14-28(22,29)5/h17,19,21-25H,8-16,18H2,1-7H3/t19-,21+,22-,23-,24-,25-,28-,29+,30-,31+/m1/s1. The molecule has 0 amide bonds. The van der Waals surface area contributed by atoms with Crippen molar-refractivity contribution in [1.82, 2.24) is 0 Å². The first-order valence-corrected chi connectivity index (χ1v) is 14.4. The third kappa shape index (κ3) is 2.67. The Hall–Kier alpha value is -0.830. The molecule has 0 N–H and O–H groups in total. The zero-order valence-electron chi connectivity index (χ0n) is 22.8. The van der Waals surface area contributed by atoms with Gasteiger partial charge < -0.3 is 9.47 Å². The fourth-order valence-electron chi connectivity index (χ4n) is 12.0. The van der Waals surface area contributed by atoms with Crippen LogP contribution in [0.3, 0.4) is 0 Å². The molecule has 0 aromatic rings. The van der Waals surface area contributed by atoms with Crippen molar-refractivity contribution in [2.24, 2.45) is 50.7 Å². The van der Waals surface area contributed by atoms with Crippen molar-refractivity contribution in [3.05, 3.63) is 11.6 Å². The Balaban J connectivity index is 1.25. The molecule has 6 rings (SSSR count). The van der Waals surface area contributed by atoms with Crippen LogP contribution >= 0.6 is 0 Å². The number of hydrogen-bond acceptors (Lipinski definition) is 3. The van der Waals surface area contributed by atoms with Gasteiger partial charge >= 0.3 is 5.97 Å². The molecule has 190 valence electrons. The van der Waals surface area contributed by atoms with E-state index in [0.29, 0.717) is 39.1 Å². The maximum atomic E-state index is 11.9. The first-order valence-electron chi connectivity index (χ1n) is 14.4. The van der Waals surface area contributed by atoms with Gasteiger partial charge in [0.15, 0.2) is 0 Å². The lowest BCUT2D eigenvalue weighted by Gasteiger charge is -2.63. The second-order valence-electron chi connectivity index (χ2n) is 14.7. The summed E-state index contributed by atoms with van der Waals surface area (Å²) in [6, 6.07) is 0. The van der Waals surface area contributed by atoms with Crippen molar-refractivity contribution in [2.45, 2.75) is 118 Å². The topological polar surface area (TPSA) is 35.5 Å². The van der Waals surface area contributed by atoms with Crippen LogP contribution in [0.15, 0.2) is 11.6 Å². The average Bonchev–Trinajstić information content (AvgIpc) is 3.21. The smallest absolute Gasteiger partial charge is 0.334 e. The Morgan fingerprint density at radius 2 is 1.68 bits per heavy atom. The van der Waals surface area contributed by atoms with Crippen molar-refractivity contribution < 1.29 is 14.3 Å². The van der Waals surface area contributed by atoms with Gasteiger partial charge in [0.05, 0.1) is 6.10 Å². The van der Waals surface area contributed by atoms with Crippen molar-refractivity contribution >= 4 is 5.97 Å². The molecule has 1 aliphatic heterocycles. The zero-order chi connectivity index (χ0) is 24.3. The second kappa shape index (κ2) is 7.14. The van der Waals surface area contributed by atoms with Crippen LogP contribution in [0.25, 0.3) is 0 Å². The molecule has 34 heavy (non-hydrogen) atoms. The highest BCUT2D eigenvalue weighted by molar-refractivity contribution is 5.90. The number of carbonyl (C=O) groups is 1. The third-order valence-electron chi connectivity index (χ3n) is 13.7. The van der Waals surface area contributed by atoms with Gasteiger partial charge in [-0.05, 0) is 128 Å². The second-order valence-corrected chi connectivity index (χ2v) is 14.7. The zero-order valence-corrected chi connectivity index (χ0v) is 22.8. The van der Waals surface area contributed by atoms with Crippen LogP contribution in [-0.2, 0) is 14.3 Å². The van der Waals surface area contributed by atoms with Crippen LogP contribution in [0.5, 0.6) is 0 Å². The summed E-state index contributed by atoms with van der Waals surface area (Å²) in [5.41, 5.74) is 3.18. The number of esters is 1. The lowest BCUT2D eigenvalue weighted by molar-refractivity contribution is -0.167. The van der Waals surface area contributed by atoms with Crippen LogP contribution in [0, 0.1) is 50.7 Å². The minimum absolute atomic E-state index is 0.00627. The van der Waals surface area contributed by atoms with Gasteiger partial charge in [0.25, 0.3) is 0 Å². The maximum absolute atomic E-state index is 11.9. The molecule has 0 radical (unpaired) electrons. The van der Waals surface area contributed by atoms with Crippen LogP contribution in [-0.4, -0.2) is 25.3 Å². The van der Waals surface area contributed by atoms with Gasteiger partial charge in [0, 0.05) is 12.7 Å². The van der Waals surface area contributed by atoms with Crippen molar-refractivity contribution in [1.29, 1.82) is 0 Å². The lowest BCUT2D eigenvalue weighted by Crippen LogP contribution is -2.57. The Labute approximate surface area is 207 Å². The maximum Gasteiger partial charge on any atom is 0.334 e. The molecule has 3 nitrogen and oxygen atoms in total. The summed E-state index contributed by atoms with van der Waals surface area (Å²) < 4.78 is 11.7. The third-order valence-corrected chi connectivity index (χ3v) is 13.7. The fraction of sp³-hybridized carbons (Fsp3) is 0.903. The average molecular weight is 469 g/mol. The van der Waals surface area contributed by atoms with Crippen LogP contribution in [0.1, 0.15) is 106 Å². The first kappa shape index (κ1) is 23.6. The molecule has 6 aliphatic rings. The van der Waals surface area contributed by atoms with Crippen LogP contribution in [0.4, 0.5) is 0 Å². The molecule has 5 fully saturated rings. The van der Waals surface area contributed by atoms with Crippen LogP contribution < -0.4 is 0 Å². The van der Waals surface area contributed by atoms with Crippen LogP contribution in [0.2, 0.25) is 0 Å². The Morgan fingerprint density at radius 3 is 2.35 bits per heavy atom. The molecular formula is C31H48O3. The van der Waals surface area contributed by atoms with E-state index in [1.807, 2.05) is 14.0 Å².